The number of nitrogens with zero attached hydrogens (tertiary/aromatic N) is 5. The van der Waals surface area contributed by atoms with Crippen LogP contribution in [0.2, 0.25) is 0 Å². The van der Waals surface area contributed by atoms with Crippen LogP contribution in [0, 0.1) is 6.92 Å². The summed E-state index contributed by atoms with van der Waals surface area (Å²) in [4.78, 5) is 29.7. The number of amides is 2. The van der Waals surface area contributed by atoms with Gasteiger partial charge in [0.25, 0.3) is 0 Å². The Morgan fingerprint density at radius 1 is 1.03 bits per heavy atom. The summed E-state index contributed by atoms with van der Waals surface area (Å²) in [6.07, 6.45) is 7.90. The lowest BCUT2D eigenvalue weighted by Gasteiger charge is -2.40. The van der Waals surface area contributed by atoms with Crippen molar-refractivity contribution in [2.24, 2.45) is 0 Å². The van der Waals surface area contributed by atoms with Crippen LogP contribution in [0.25, 0.3) is 17.3 Å². The summed E-state index contributed by atoms with van der Waals surface area (Å²) in [6, 6.07) is 11.7. The van der Waals surface area contributed by atoms with E-state index in [-0.39, 0.29) is 23.6 Å². The molecule has 1 saturated heterocycles. The van der Waals surface area contributed by atoms with Crippen LogP contribution >= 0.6 is 11.8 Å². The molecule has 1 atom stereocenters. The molecule has 0 N–H and O–H groups in total. The van der Waals surface area contributed by atoms with E-state index in [1.807, 2.05) is 64.6 Å². The van der Waals surface area contributed by atoms with Crippen LogP contribution in [-0.4, -0.2) is 67.8 Å². The monoisotopic (exact) mass is 523 g/mol. The zero-order valence-electron chi connectivity index (χ0n) is 22.1. The van der Waals surface area contributed by atoms with Crippen LogP contribution in [0.15, 0.2) is 52.2 Å². The average Bonchev–Trinajstić information content (AvgIpc) is 3.57. The third kappa shape index (κ3) is 6.63. The fraction of sp³-hybridized carbons (Fsp3) is 0.500. The number of hydrogen-bond donors (Lipinski definition) is 0. The molecule has 198 valence electrons. The molecule has 1 aromatic carbocycles. The van der Waals surface area contributed by atoms with Gasteiger partial charge in [-0.25, -0.2) is 0 Å². The quantitative estimate of drug-likeness (QED) is 0.249. The van der Waals surface area contributed by atoms with E-state index >= 15 is 0 Å². The molecule has 1 fully saturated rings. The lowest BCUT2D eigenvalue weighted by atomic mass is 10.1. The van der Waals surface area contributed by atoms with Gasteiger partial charge < -0.3 is 14.2 Å². The van der Waals surface area contributed by atoms with Crippen molar-refractivity contribution in [3.05, 3.63) is 48.2 Å². The number of benzene rings is 1. The Balaban J connectivity index is 1.37. The lowest BCUT2D eigenvalue weighted by molar-refractivity contribution is -0.141. The number of aromatic nitrogens is 3. The number of hydrogen-bond acceptors (Lipinski definition) is 6. The van der Waals surface area contributed by atoms with Crippen molar-refractivity contribution in [1.82, 2.24) is 24.6 Å². The Morgan fingerprint density at radius 2 is 1.84 bits per heavy atom. The van der Waals surface area contributed by atoms with Gasteiger partial charge in [0.1, 0.15) is 0 Å². The van der Waals surface area contributed by atoms with E-state index < -0.39 is 0 Å². The Bertz CT molecular complexity index is 1180. The molecular formula is C28H37N5O3S. The van der Waals surface area contributed by atoms with Gasteiger partial charge in [-0.15, -0.1) is 10.2 Å². The van der Waals surface area contributed by atoms with Crippen molar-refractivity contribution in [2.75, 3.05) is 25.4 Å². The number of furan rings is 1. The summed E-state index contributed by atoms with van der Waals surface area (Å²) >= 11 is 1.37. The van der Waals surface area contributed by atoms with Crippen molar-refractivity contribution in [3.63, 3.8) is 0 Å². The summed E-state index contributed by atoms with van der Waals surface area (Å²) in [5.41, 5.74) is 2.02. The molecule has 1 aliphatic heterocycles. The lowest BCUT2D eigenvalue weighted by Crippen LogP contribution is -2.55. The van der Waals surface area contributed by atoms with Gasteiger partial charge in [0.15, 0.2) is 10.9 Å². The second-order valence-electron chi connectivity index (χ2n) is 9.63. The number of thioether (sulfide) groups is 1. The number of unbranched alkanes of at least 4 members (excludes halogenated alkanes) is 4. The van der Waals surface area contributed by atoms with Gasteiger partial charge in [-0.2, -0.15) is 0 Å². The van der Waals surface area contributed by atoms with Gasteiger partial charge in [-0.3, -0.25) is 14.2 Å². The highest BCUT2D eigenvalue weighted by atomic mass is 32.2. The van der Waals surface area contributed by atoms with Gasteiger partial charge in [-0.1, -0.05) is 62.6 Å². The maximum atomic E-state index is 13.1. The largest absolute Gasteiger partial charge is 0.461 e. The first-order chi connectivity index (χ1) is 18.0. The minimum absolute atomic E-state index is 0.0204. The molecule has 1 aliphatic rings. The molecule has 2 aromatic heterocycles. The summed E-state index contributed by atoms with van der Waals surface area (Å²) < 4.78 is 7.55. The Hall–Kier alpha value is -3.07. The van der Waals surface area contributed by atoms with Gasteiger partial charge in [0, 0.05) is 32.1 Å². The number of rotatable bonds is 11. The van der Waals surface area contributed by atoms with E-state index in [0.29, 0.717) is 42.8 Å². The average molecular weight is 524 g/mol. The number of para-hydroxylation sites is 1. The minimum atomic E-state index is 0.0204. The molecule has 37 heavy (non-hydrogen) atoms. The summed E-state index contributed by atoms with van der Waals surface area (Å²) in [5.74, 6) is 1.73. The van der Waals surface area contributed by atoms with Crippen LogP contribution < -0.4 is 0 Å². The molecule has 0 aliphatic carbocycles. The van der Waals surface area contributed by atoms with Gasteiger partial charge >= 0.3 is 0 Å². The van der Waals surface area contributed by atoms with Crippen molar-refractivity contribution in [3.8, 4) is 17.3 Å². The molecule has 2 amide bonds. The second kappa shape index (κ2) is 12.9. The predicted molar refractivity (Wildman–Crippen MR) is 146 cm³/mol. The summed E-state index contributed by atoms with van der Waals surface area (Å²) in [6.45, 7) is 7.98. The Kier molecular flexibility index (Phi) is 9.44. The van der Waals surface area contributed by atoms with Crippen molar-refractivity contribution in [2.45, 2.75) is 70.5 Å². The van der Waals surface area contributed by atoms with Crippen molar-refractivity contribution >= 4 is 23.6 Å². The number of carbonyl (C=O) groups is 2. The molecule has 0 radical (unpaired) electrons. The van der Waals surface area contributed by atoms with Crippen LogP contribution in [0.3, 0.4) is 0 Å². The van der Waals surface area contributed by atoms with Crippen LogP contribution in [0.5, 0.6) is 0 Å². The van der Waals surface area contributed by atoms with E-state index in [0.717, 1.165) is 24.1 Å². The highest BCUT2D eigenvalue weighted by Gasteiger charge is 2.30. The molecule has 0 bridgehead atoms. The van der Waals surface area contributed by atoms with Crippen LogP contribution in [-0.2, 0) is 9.59 Å². The van der Waals surface area contributed by atoms with Gasteiger partial charge in [0.2, 0.25) is 17.6 Å². The summed E-state index contributed by atoms with van der Waals surface area (Å²) in [7, 11) is 0. The normalized spacial score (nSPS) is 15.8. The van der Waals surface area contributed by atoms with Crippen LogP contribution in [0.1, 0.15) is 57.9 Å². The maximum absolute atomic E-state index is 13.1. The molecule has 1 unspecified atom stereocenters. The standard InChI is InChI=1S/C28H37N5O3S/c1-4-5-6-7-8-15-25(34)32-17-16-31(19-22(32)3)26(35)20-37-28-30-29-27(24-14-11-18-36-24)33(28)23-13-10-9-12-21(23)2/h9-14,18,22H,4-8,15-17,19-20H2,1-3H3. The van der Waals surface area contributed by atoms with Gasteiger partial charge in [0.05, 0.1) is 17.7 Å². The van der Waals surface area contributed by atoms with Crippen molar-refractivity contribution < 1.29 is 14.0 Å². The second-order valence-corrected chi connectivity index (χ2v) is 10.6. The molecule has 0 spiro atoms. The zero-order chi connectivity index (χ0) is 26.2. The maximum Gasteiger partial charge on any atom is 0.233 e. The number of piperazine rings is 1. The molecule has 9 heteroatoms. The third-order valence-corrected chi connectivity index (χ3v) is 7.76. The highest BCUT2D eigenvalue weighted by Crippen LogP contribution is 2.30. The van der Waals surface area contributed by atoms with E-state index in [4.69, 9.17) is 4.42 Å². The van der Waals surface area contributed by atoms with E-state index in [2.05, 4.69) is 17.1 Å². The smallest absolute Gasteiger partial charge is 0.233 e. The van der Waals surface area contributed by atoms with Crippen molar-refractivity contribution in [1.29, 1.82) is 0 Å². The number of carbonyl (C=O) groups excluding carboxylic acids is 2. The fourth-order valence-electron chi connectivity index (χ4n) is 4.76. The molecule has 4 rings (SSSR count). The first-order valence-corrected chi connectivity index (χ1v) is 14.2. The molecule has 0 saturated carbocycles. The zero-order valence-corrected chi connectivity index (χ0v) is 22.9. The van der Waals surface area contributed by atoms with E-state index in [1.54, 1.807) is 6.26 Å². The first-order valence-electron chi connectivity index (χ1n) is 13.2. The topological polar surface area (TPSA) is 84.5 Å². The summed E-state index contributed by atoms with van der Waals surface area (Å²) in [5, 5.41) is 9.41. The van der Waals surface area contributed by atoms with E-state index in [9.17, 15) is 9.59 Å². The Labute approximate surface area is 223 Å². The van der Waals surface area contributed by atoms with Crippen LogP contribution in [0.4, 0.5) is 0 Å². The molecular weight excluding hydrogens is 486 g/mol. The highest BCUT2D eigenvalue weighted by molar-refractivity contribution is 7.99. The first kappa shape index (κ1) is 27.0. The Morgan fingerprint density at radius 3 is 2.57 bits per heavy atom. The third-order valence-electron chi connectivity index (χ3n) is 6.85. The molecule has 3 heterocycles. The van der Waals surface area contributed by atoms with E-state index in [1.165, 1.54) is 31.0 Å². The fourth-order valence-corrected chi connectivity index (χ4v) is 5.60. The van der Waals surface area contributed by atoms with Gasteiger partial charge in [-0.05, 0) is 44.0 Å². The predicted octanol–water partition coefficient (Wildman–Crippen LogP) is 5.35. The molecule has 3 aromatic rings. The molecule has 8 nitrogen and oxygen atoms in total. The number of aryl methyl sites for hydroxylation is 1. The SMILES string of the molecule is CCCCCCCC(=O)N1CCN(C(=O)CSc2nnc(-c3ccco3)n2-c2ccccc2C)CC1C. The minimum Gasteiger partial charge on any atom is -0.461 e.